The summed E-state index contributed by atoms with van der Waals surface area (Å²) >= 11 is 0. The molecule has 0 unspecified atom stereocenters. The molecule has 6 rings (SSSR count). The monoisotopic (exact) mass is 540 g/mol. The zero-order chi connectivity index (χ0) is 27.9. The summed E-state index contributed by atoms with van der Waals surface area (Å²) in [6.07, 6.45) is 1.82. The van der Waals surface area contributed by atoms with E-state index >= 15 is 0 Å². The third-order valence-electron chi connectivity index (χ3n) is 8.55. The Balaban J connectivity index is 1.04. The summed E-state index contributed by atoms with van der Waals surface area (Å²) in [5.41, 5.74) is 4.97. The van der Waals surface area contributed by atoms with Crippen LogP contribution in [-0.2, 0) is 11.2 Å². The fraction of sp³-hybridized carbons (Fsp3) is 0.441. The second-order valence-corrected chi connectivity index (χ2v) is 12.9. The van der Waals surface area contributed by atoms with E-state index in [1.165, 1.54) is 22.3 Å². The molecule has 6 nitrogen and oxygen atoms in total. The maximum atomic E-state index is 12.2. The minimum atomic E-state index is -0.449. The maximum absolute atomic E-state index is 12.2. The molecule has 0 aromatic heterocycles. The second kappa shape index (κ2) is 10.5. The van der Waals surface area contributed by atoms with Crippen molar-refractivity contribution in [2.45, 2.75) is 51.0 Å². The molecule has 2 aliphatic heterocycles. The fourth-order valence-corrected chi connectivity index (χ4v) is 6.82. The quantitative estimate of drug-likeness (QED) is 0.404. The Hall–Kier alpha value is -3.51. The minimum absolute atomic E-state index is 0.201. The SMILES string of the molecule is CC(C)(C)OC(=O)N1CC2(CN(CCOc3ccc([C@@H]4c5ccc(O)cc5CC[C@@H]4c4ccccc4)cc3)C2)C1. The molecular weight excluding hydrogens is 500 g/mol. The summed E-state index contributed by atoms with van der Waals surface area (Å²) in [5.74, 6) is 1.85. The van der Waals surface area contributed by atoms with E-state index in [-0.39, 0.29) is 17.4 Å². The highest BCUT2D eigenvalue weighted by Crippen LogP contribution is 2.47. The molecule has 3 aromatic rings. The van der Waals surface area contributed by atoms with Gasteiger partial charge >= 0.3 is 6.09 Å². The van der Waals surface area contributed by atoms with Gasteiger partial charge in [-0.05, 0) is 86.1 Å². The van der Waals surface area contributed by atoms with Crippen LogP contribution < -0.4 is 4.74 Å². The van der Waals surface area contributed by atoms with Crippen LogP contribution in [0, 0.1) is 5.41 Å². The average Bonchev–Trinajstić information content (AvgIpc) is 2.88. The normalized spacial score (nSPS) is 21.7. The van der Waals surface area contributed by atoms with Gasteiger partial charge < -0.3 is 19.5 Å². The largest absolute Gasteiger partial charge is 0.508 e. The predicted octanol–water partition coefficient (Wildman–Crippen LogP) is 6.19. The molecule has 1 aliphatic carbocycles. The molecule has 2 heterocycles. The van der Waals surface area contributed by atoms with Crippen molar-refractivity contribution in [3.63, 3.8) is 0 Å². The molecule has 6 heteroatoms. The first-order valence-electron chi connectivity index (χ1n) is 14.5. The number of ether oxygens (including phenoxy) is 2. The second-order valence-electron chi connectivity index (χ2n) is 12.9. The van der Waals surface area contributed by atoms with Gasteiger partial charge in [0.15, 0.2) is 0 Å². The van der Waals surface area contributed by atoms with E-state index < -0.39 is 5.60 Å². The van der Waals surface area contributed by atoms with Gasteiger partial charge in [-0.3, -0.25) is 4.90 Å². The lowest BCUT2D eigenvalue weighted by Crippen LogP contribution is -2.73. The molecule has 0 bridgehead atoms. The van der Waals surface area contributed by atoms with Crippen molar-refractivity contribution < 1.29 is 19.4 Å². The summed E-state index contributed by atoms with van der Waals surface area (Å²) in [5, 5.41) is 10.1. The smallest absolute Gasteiger partial charge is 0.410 e. The van der Waals surface area contributed by atoms with Gasteiger partial charge in [0.1, 0.15) is 23.7 Å². The highest BCUT2D eigenvalue weighted by molar-refractivity contribution is 5.69. The highest BCUT2D eigenvalue weighted by atomic mass is 16.6. The molecule has 1 N–H and O–H groups in total. The number of fused-ring (bicyclic) bond motifs is 1. The van der Waals surface area contributed by atoms with E-state index in [1.807, 2.05) is 37.8 Å². The first-order valence-corrected chi connectivity index (χ1v) is 14.5. The fourth-order valence-electron chi connectivity index (χ4n) is 6.82. The predicted molar refractivity (Wildman–Crippen MR) is 156 cm³/mol. The first-order chi connectivity index (χ1) is 19.2. The van der Waals surface area contributed by atoms with Crippen LogP contribution in [-0.4, -0.2) is 65.9 Å². The van der Waals surface area contributed by atoms with Crippen LogP contribution in [0.5, 0.6) is 11.5 Å². The number of phenolic OH excluding ortho intramolecular Hbond substituents is 1. The zero-order valence-corrected chi connectivity index (χ0v) is 23.8. The zero-order valence-electron chi connectivity index (χ0n) is 23.8. The van der Waals surface area contributed by atoms with E-state index in [9.17, 15) is 9.90 Å². The molecule has 3 aliphatic rings. The lowest BCUT2D eigenvalue weighted by Gasteiger charge is -2.59. The Morgan fingerprint density at radius 2 is 1.68 bits per heavy atom. The Morgan fingerprint density at radius 3 is 2.38 bits per heavy atom. The number of likely N-dealkylation sites (tertiary alicyclic amines) is 2. The molecule has 2 saturated heterocycles. The highest BCUT2D eigenvalue weighted by Gasteiger charge is 2.53. The molecule has 40 heavy (non-hydrogen) atoms. The summed E-state index contributed by atoms with van der Waals surface area (Å²) < 4.78 is 11.6. The number of carbonyl (C=O) groups excluding carboxylic acids is 1. The Bertz CT molecular complexity index is 1330. The molecule has 2 atom stereocenters. The third-order valence-corrected chi connectivity index (χ3v) is 8.55. The Labute approximate surface area is 237 Å². The van der Waals surface area contributed by atoms with Gasteiger partial charge in [-0.1, -0.05) is 48.5 Å². The molecule has 3 aromatic carbocycles. The van der Waals surface area contributed by atoms with Crippen LogP contribution in [0.4, 0.5) is 4.79 Å². The average molecular weight is 541 g/mol. The number of hydrogen-bond acceptors (Lipinski definition) is 5. The number of rotatable bonds is 6. The van der Waals surface area contributed by atoms with Crippen molar-refractivity contribution in [3.8, 4) is 11.5 Å². The van der Waals surface area contributed by atoms with Crippen molar-refractivity contribution >= 4 is 6.09 Å². The van der Waals surface area contributed by atoms with E-state index in [4.69, 9.17) is 9.47 Å². The standard InChI is InChI=1S/C34H40N2O4/c1-33(2,3)40-32(38)36-22-34(23-36)20-35(21-34)17-18-39-28-13-9-25(10-14-28)31-29(24-7-5-4-6-8-24)15-11-26-19-27(37)12-16-30(26)31/h4-10,12-14,16,19,29,31,37H,11,15,17-18,20-23H2,1-3H3/t29-,31+/m1/s1. The molecule has 210 valence electrons. The van der Waals surface area contributed by atoms with Crippen LogP contribution in [0.15, 0.2) is 72.8 Å². The van der Waals surface area contributed by atoms with E-state index in [0.29, 0.717) is 18.3 Å². The Morgan fingerprint density at radius 1 is 0.950 bits per heavy atom. The van der Waals surface area contributed by atoms with Crippen molar-refractivity contribution in [1.29, 1.82) is 0 Å². The number of nitrogens with zero attached hydrogens (tertiary/aromatic N) is 2. The Kier molecular flexibility index (Phi) is 6.99. The third kappa shape index (κ3) is 5.55. The maximum Gasteiger partial charge on any atom is 0.410 e. The van der Waals surface area contributed by atoms with Crippen molar-refractivity contribution in [3.05, 3.63) is 95.1 Å². The van der Waals surface area contributed by atoms with E-state index in [0.717, 1.165) is 51.3 Å². The number of benzene rings is 3. The van der Waals surface area contributed by atoms with Crippen LogP contribution in [0.3, 0.4) is 0 Å². The lowest BCUT2D eigenvalue weighted by atomic mass is 9.69. The van der Waals surface area contributed by atoms with E-state index in [1.54, 1.807) is 0 Å². The van der Waals surface area contributed by atoms with Crippen LogP contribution in [0.25, 0.3) is 0 Å². The molecule has 0 saturated carbocycles. The van der Waals surface area contributed by atoms with Crippen LogP contribution in [0.1, 0.15) is 61.3 Å². The number of hydrogen-bond donors (Lipinski definition) is 1. The van der Waals surface area contributed by atoms with Gasteiger partial charge in [0.2, 0.25) is 0 Å². The summed E-state index contributed by atoms with van der Waals surface area (Å²) in [4.78, 5) is 16.4. The van der Waals surface area contributed by atoms with E-state index in [2.05, 4.69) is 65.6 Å². The van der Waals surface area contributed by atoms with Crippen LogP contribution >= 0.6 is 0 Å². The number of phenols is 1. The lowest BCUT2D eigenvalue weighted by molar-refractivity contribution is -0.114. The summed E-state index contributed by atoms with van der Waals surface area (Å²) in [6, 6.07) is 25.2. The molecule has 2 fully saturated rings. The van der Waals surface area contributed by atoms with Gasteiger partial charge in [-0.15, -0.1) is 0 Å². The molecular formula is C34H40N2O4. The minimum Gasteiger partial charge on any atom is -0.508 e. The topological polar surface area (TPSA) is 62.2 Å². The van der Waals surface area contributed by atoms with Gasteiger partial charge in [0, 0.05) is 44.1 Å². The first kappa shape index (κ1) is 26.7. The molecule has 1 amide bonds. The van der Waals surface area contributed by atoms with Gasteiger partial charge in [0.05, 0.1) is 0 Å². The van der Waals surface area contributed by atoms with Crippen molar-refractivity contribution in [1.82, 2.24) is 9.80 Å². The van der Waals surface area contributed by atoms with Crippen molar-refractivity contribution in [2.24, 2.45) is 5.41 Å². The summed E-state index contributed by atoms with van der Waals surface area (Å²) in [7, 11) is 0. The summed E-state index contributed by atoms with van der Waals surface area (Å²) in [6.45, 7) is 10.8. The van der Waals surface area contributed by atoms with Crippen molar-refractivity contribution in [2.75, 3.05) is 39.3 Å². The number of aryl methyl sites for hydroxylation is 1. The molecule has 0 radical (unpaired) electrons. The van der Waals surface area contributed by atoms with Crippen LogP contribution in [0.2, 0.25) is 0 Å². The van der Waals surface area contributed by atoms with Gasteiger partial charge in [-0.2, -0.15) is 0 Å². The van der Waals surface area contributed by atoms with Gasteiger partial charge in [-0.25, -0.2) is 4.79 Å². The van der Waals surface area contributed by atoms with Gasteiger partial charge in [0.25, 0.3) is 0 Å². The molecule has 1 spiro atoms. The number of amides is 1. The number of carbonyl (C=O) groups is 1. The number of aromatic hydroxyl groups is 1.